The predicted octanol–water partition coefficient (Wildman–Crippen LogP) is 2.03. The zero-order chi connectivity index (χ0) is 17.9. The van der Waals surface area contributed by atoms with E-state index < -0.39 is 15.7 Å². The van der Waals surface area contributed by atoms with Gasteiger partial charge in [-0.25, -0.2) is 13.0 Å². The predicted molar refractivity (Wildman–Crippen MR) is 90.1 cm³/mol. The van der Waals surface area contributed by atoms with Crippen LogP contribution >= 0.6 is 0 Å². The molecule has 0 radical (unpaired) electrons. The Labute approximate surface area is 143 Å². The highest BCUT2D eigenvalue weighted by molar-refractivity contribution is 7.91. The first-order valence-corrected chi connectivity index (χ1v) is 9.03. The maximum Gasteiger partial charge on any atom is 0.225 e. The maximum absolute atomic E-state index is 12.5. The molecule has 0 aliphatic rings. The van der Waals surface area contributed by atoms with E-state index in [1.807, 2.05) is 0 Å². The number of anilines is 1. The summed E-state index contributed by atoms with van der Waals surface area (Å²) >= 11 is 0. The largest absolute Gasteiger partial charge is 0.497 e. The third-order valence-corrected chi connectivity index (χ3v) is 5.28. The molecular formula is C16H15N3O5S. The van der Waals surface area contributed by atoms with Crippen LogP contribution in [0.5, 0.6) is 5.75 Å². The second-order valence-corrected chi connectivity index (χ2v) is 7.31. The van der Waals surface area contributed by atoms with Crippen LogP contribution in [-0.2, 0) is 14.6 Å². The van der Waals surface area contributed by atoms with Gasteiger partial charge in [0.1, 0.15) is 11.3 Å². The fraction of sp³-hybridized carbons (Fsp3) is 0.188. The number of methoxy groups -OCH3 is 1. The van der Waals surface area contributed by atoms with Gasteiger partial charge in [0.15, 0.2) is 15.4 Å². The van der Waals surface area contributed by atoms with Crippen molar-refractivity contribution in [2.75, 3.05) is 18.2 Å². The summed E-state index contributed by atoms with van der Waals surface area (Å²) in [4.78, 5) is 12.0. The van der Waals surface area contributed by atoms with Crippen LogP contribution in [0.2, 0.25) is 0 Å². The molecule has 0 atom stereocenters. The quantitative estimate of drug-likeness (QED) is 0.715. The summed E-state index contributed by atoms with van der Waals surface area (Å²) < 4.78 is 34.6. The Hall–Kier alpha value is -2.94. The van der Waals surface area contributed by atoms with E-state index >= 15 is 0 Å². The van der Waals surface area contributed by atoms with Gasteiger partial charge >= 0.3 is 0 Å². The van der Waals surface area contributed by atoms with Crippen molar-refractivity contribution in [3.05, 3.63) is 42.5 Å². The summed E-state index contributed by atoms with van der Waals surface area (Å²) in [7, 11) is -2.18. The van der Waals surface area contributed by atoms with Gasteiger partial charge in [-0.05, 0) is 34.6 Å². The molecule has 0 bridgehead atoms. The van der Waals surface area contributed by atoms with E-state index in [2.05, 4.69) is 20.3 Å². The molecule has 3 rings (SSSR count). The summed E-state index contributed by atoms with van der Waals surface area (Å²) in [5, 5.41) is 9.88. The summed E-state index contributed by atoms with van der Waals surface area (Å²) in [5.41, 5.74) is 1.04. The molecule has 9 heteroatoms. The molecule has 0 fully saturated rings. The molecule has 0 unspecified atom stereocenters. The van der Waals surface area contributed by atoms with Crippen LogP contribution in [0, 0.1) is 0 Å². The molecule has 1 heterocycles. The number of sulfone groups is 1. The first-order valence-electron chi connectivity index (χ1n) is 7.37. The number of carbonyl (C=O) groups excluding carboxylic acids is 1. The van der Waals surface area contributed by atoms with Crippen molar-refractivity contribution in [3.8, 4) is 5.75 Å². The number of aromatic nitrogens is 2. The molecule has 0 saturated carbocycles. The first-order chi connectivity index (χ1) is 12.0. The highest BCUT2D eigenvalue weighted by Crippen LogP contribution is 2.22. The van der Waals surface area contributed by atoms with Gasteiger partial charge in [-0.15, -0.1) is 0 Å². The first kappa shape index (κ1) is 16.9. The van der Waals surface area contributed by atoms with Crippen LogP contribution in [0.15, 0.2) is 52.0 Å². The summed E-state index contributed by atoms with van der Waals surface area (Å²) in [6.45, 7) is 0. The smallest absolute Gasteiger partial charge is 0.225 e. The van der Waals surface area contributed by atoms with Crippen molar-refractivity contribution in [1.82, 2.24) is 10.3 Å². The molecule has 25 heavy (non-hydrogen) atoms. The number of carbonyl (C=O) groups is 1. The molecule has 2 aromatic carbocycles. The summed E-state index contributed by atoms with van der Waals surface area (Å²) in [6.07, 6.45) is -0.193. The highest BCUT2D eigenvalue weighted by atomic mass is 32.2. The molecule has 1 amide bonds. The normalized spacial score (nSPS) is 11.4. The number of fused-ring (bicyclic) bond motifs is 1. The SMILES string of the molecule is COc1cccc(NC(=O)CCS(=O)(=O)c2cccc3nonc23)c1. The van der Waals surface area contributed by atoms with E-state index in [0.29, 0.717) is 17.0 Å². The Morgan fingerprint density at radius 2 is 2.00 bits per heavy atom. The lowest BCUT2D eigenvalue weighted by molar-refractivity contribution is -0.115. The van der Waals surface area contributed by atoms with Gasteiger partial charge in [0, 0.05) is 18.2 Å². The van der Waals surface area contributed by atoms with E-state index in [0.717, 1.165) is 0 Å². The summed E-state index contributed by atoms with van der Waals surface area (Å²) in [5.74, 6) is -0.174. The molecule has 0 spiro atoms. The van der Waals surface area contributed by atoms with Crippen molar-refractivity contribution in [2.24, 2.45) is 0 Å². The number of rotatable bonds is 6. The Kier molecular flexibility index (Phi) is 4.66. The van der Waals surface area contributed by atoms with Crippen LogP contribution in [-0.4, -0.2) is 37.5 Å². The number of amides is 1. The molecule has 0 saturated heterocycles. The van der Waals surface area contributed by atoms with Crippen molar-refractivity contribution in [2.45, 2.75) is 11.3 Å². The number of nitrogens with one attached hydrogen (secondary N) is 1. The van der Waals surface area contributed by atoms with Crippen molar-refractivity contribution < 1.29 is 22.6 Å². The van der Waals surface area contributed by atoms with E-state index in [9.17, 15) is 13.2 Å². The minimum atomic E-state index is -3.70. The lowest BCUT2D eigenvalue weighted by atomic mass is 10.3. The molecule has 1 N–H and O–H groups in total. The zero-order valence-corrected chi connectivity index (χ0v) is 14.1. The molecule has 8 nitrogen and oxygen atoms in total. The Morgan fingerprint density at radius 1 is 1.20 bits per heavy atom. The third-order valence-electron chi connectivity index (χ3n) is 3.54. The van der Waals surface area contributed by atoms with Gasteiger partial charge in [-0.2, -0.15) is 0 Å². The average molecular weight is 361 g/mol. The third kappa shape index (κ3) is 3.77. The zero-order valence-electron chi connectivity index (χ0n) is 13.3. The molecular weight excluding hydrogens is 346 g/mol. The van der Waals surface area contributed by atoms with Crippen molar-refractivity contribution in [3.63, 3.8) is 0 Å². The fourth-order valence-corrected chi connectivity index (χ4v) is 3.69. The van der Waals surface area contributed by atoms with E-state index in [1.54, 1.807) is 36.4 Å². The van der Waals surface area contributed by atoms with E-state index in [4.69, 9.17) is 4.74 Å². The molecule has 130 valence electrons. The fourth-order valence-electron chi connectivity index (χ4n) is 2.29. The average Bonchev–Trinajstić information content (AvgIpc) is 3.09. The summed E-state index contributed by atoms with van der Waals surface area (Å²) in [6, 6.07) is 11.4. The number of hydrogen-bond donors (Lipinski definition) is 1. The van der Waals surface area contributed by atoms with Gasteiger partial charge in [0.05, 0.1) is 17.8 Å². The van der Waals surface area contributed by atoms with Gasteiger partial charge in [-0.3, -0.25) is 4.79 Å². The van der Waals surface area contributed by atoms with Crippen LogP contribution in [0.25, 0.3) is 11.0 Å². The van der Waals surface area contributed by atoms with E-state index in [1.165, 1.54) is 13.2 Å². The van der Waals surface area contributed by atoms with Gasteiger partial charge in [0.25, 0.3) is 0 Å². The lowest BCUT2D eigenvalue weighted by Crippen LogP contribution is -2.17. The van der Waals surface area contributed by atoms with Crippen molar-refractivity contribution in [1.29, 1.82) is 0 Å². The van der Waals surface area contributed by atoms with Crippen LogP contribution in [0.3, 0.4) is 0 Å². The molecule has 0 aliphatic heterocycles. The van der Waals surface area contributed by atoms with E-state index in [-0.39, 0.29) is 22.6 Å². The Bertz CT molecular complexity index is 1010. The second kappa shape index (κ2) is 6.89. The van der Waals surface area contributed by atoms with Gasteiger partial charge < -0.3 is 10.1 Å². The van der Waals surface area contributed by atoms with Crippen LogP contribution < -0.4 is 10.1 Å². The Morgan fingerprint density at radius 3 is 2.80 bits per heavy atom. The lowest BCUT2D eigenvalue weighted by Gasteiger charge is -2.07. The molecule has 1 aromatic heterocycles. The second-order valence-electron chi connectivity index (χ2n) is 5.24. The number of hydrogen-bond acceptors (Lipinski definition) is 7. The number of benzene rings is 2. The van der Waals surface area contributed by atoms with Crippen LogP contribution in [0.4, 0.5) is 5.69 Å². The monoisotopic (exact) mass is 361 g/mol. The number of ether oxygens (including phenoxy) is 1. The topological polar surface area (TPSA) is 111 Å². The Balaban J connectivity index is 1.69. The minimum absolute atomic E-state index is 0.000398. The highest BCUT2D eigenvalue weighted by Gasteiger charge is 2.21. The number of nitrogens with zero attached hydrogens (tertiary/aromatic N) is 2. The minimum Gasteiger partial charge on any atom is -0.497 e. The van der Waals surface area contributed by atoms with Crippen LogP contribution in [0.1, 0.15) is 6.42 Å². The van der Waals surface area contributed by atoms with Gasteiger partial charge in [-0.1, -0.05) is 12.1 Å². The van der Waals surface area contributed by atoms with Crippen molar-refractivity contribution >= 4 is 32.5 Å². The molecule has 0 aliphatic carbocycles. The molecule has 3 aromatic rings. The maximum atomic E-state index is 12.5. The van der Waals surface area contributed by atoms with Gasteiger partial charge in [0.2, 0.25) is 5.91 Å². The standard InChI is InChI=1S/C16H15N3O5S/c1-23-12-5-2-4-11(10-12)17-15(20)8-9-25(21,22)14-7-3-6-13-16(14)19-24-18-13/h2-7,10H,8-9H2,1H3,(H,17,20).